The van der Waals surface area contributed by atoms with Gasteiger partial charge in [-0.25, -0.2) is 0 Å². The Morgan fingerprint density at radius 3 is 2.26 bits per heavy atom. The molecule has 0 saturated heterocycles. The molecule has 0 aliphatic heterocycles. The summed E-state index contributed by atoms with van der Waals surface area (Å²) < 4.78 is 0. The van der Waals surface area contributed by atoms with Crippen LogP contribution in [0.15, 0.2) is 41.8 Å². The minimum Gasteiger partial charge on any atom is -0.325 e. The van der Waals surface area contributed by atoms with Crippen LogP contribution in [-0.4, -0.2) is 17.9 Å². The fraction of sp³-hybridized carbons (Fsp3) is 0.294. The largest absolute Gasteiger partial charge is 0.325 e. The van der Waals surface area contributed by atoms with Gasteiger partial charge in [-0.1, -0.05) is 26.3 Å². The summed E-state index contributed by atoms with van der Waals surface area (Å²) in [7, 11) is 0. The summed E-state index contributed by atoms with van der Waals surface area (Å²) in [4.78, 5) is 24.6. The molecule has 0 saturated carbocycles. The van der Waals surface area contributed by atoms with Crippen molar-refractivity contribution in [2.45, 2.75) is 26.3 Å². The van der Waals surface area contributed by atoms with Crippen LogP contribution in [0, 0.1) is 5.92 Å². The summed E-state index contributed by atoms with van der Waals surface area (Å²) in [6.07, 6.45) is 0.849. The molecule has 5 nitrogen and oxygen atoms in total. The van der Waals surface area contributed by atoms with Gasteiger partial charge < -0.3 is 16.4 Å². The van der Waals surface area contributed by atoms with Crippen LogP contribution in [0.25, 0.3) is 0 Å². The highest BCUT2D eigenvalue weighted by Crippen LogP contribution is 2.17. The predicted octanol–water partition coefficient (Wildman–Crippen LogP) is 3.31. The normalized spacial score (nSPS) is 13.2. The van der Waals surface area contributed by atoms with E-state index in [0.717, 1.165) is 6.42 Å². The lowest BCUT2D eigenvalue weighted by molar-refractivity contribution is -0.118. The van der Waals surface area contributed by atoms with E-state index in [1.54, 1.807) is 30.3 Å². The highest BCUT2D eigenvalue weighted by molar-refractivity contribution is 7.12. The van der Waals surface area contributed by atoms with Gasteiger partial charge in [0.1, 0.15) is 0 Å². The van der Waals surface area contributed by atoms with Crippen LogP contribution in [0.1, 0.15) is 29.9 Å². The number of anilines is 2. The standard InChI is InChI=1S/C17H21N3O2S/c1-3-11(2)15(18)17(22)20-13-8-6-12(7-9-13)19-16(21)14-5-4-10-23-14/h4-11,15H,3,18H2,1-2H3,(H,19,21)(H,20,22). The number of nitrogens with two attached hydrogens (primary N) is 1. The molecule has 2 amide bonds. The quantitative estimate of drug-likeness (QED) is 0.759. The number of benzene rings is 1. The van der Waals surface area contributed by atoms with Crippen LogP contribution >= 0.6 is 11.3 Å². The number of thiophene rings is 1. The molecule has 1 aromatic heterocycles. The van der Waals surface area contributed by atoms with Crippen LogP contribution in [0.3, 0.4) is 0 Å². The van der Waals surface area contributed by atoms with Crippen molar-refractivity contribution in [1.82, 2.24) is 0 Å². The van der Waals surface area contributed by atoms with Crippen molar-refractivity contribution in [3.63, 3.8) is 0 Å². The summed E-state index contributed by atoms with van der Waals surface area (Å²) >= 11 is 1.39. The van der Waals surface area contributed by atoms with Crippen molar-refractivity contribution < 1.29 is 9.59 Å². The maximum absolute atomic E-state index is 12.0. The fourth-order valence-corrected chi connectivity index (χ4v) is 2.59. The number of rotatable bonds is 6. The van der Waals surface area contributed by atoms with E-state index in [4.69, 9.17) is 5.73 Å². The number of hydrogen-bond donors (Lipinski definition) is 3. The zero-order valence-corrected chi connectivity index (χ0v) is 14.0. The molecule has 0 fully saturated rings. The number of hydrogen-bond acceptors (Lipinski definition) is 4. The lowest BCUT2D eigenvalue weighted by Gasteiger charge is -2.17. The van der Waals surface area contributed by atoms with Gasteiger partial charge in [0.25, 0.3) is 5.91 Å². The van der Waals surface area contributed by atoms with Crippen molar-refractivity contribution in [3.05, 3.63) is 46.7 Å². The van der Waals surface area contributed by atoms with Crippen LogP contribution in [0.4, 0.5) is 11.4 Å². The molecule has 0 aliphatic carbocycles. The molecule has 2 rings (SSSR count). The molecule has 0 bridgehead atoms. The highest BCUT2D eigenvalue weighted by atomic mass is 32.1. The van der Waals surface area contributed by atoms with Gasteiger partial charge in [0.15, 0.2) is 0 Å². The summed E-state index contributed by atoms with van der Waals surface area (Å²) in [5.74, 6) is -0.218. The predicted molar refractivity (Wildman–Crippen MR) is 94.8 cm³/mol. The molecule has 122 valence electrons. The maximum atomic E-state index is 12.0. The highest BCUT2D eigenvalue weighted by Gasteiger charge is 2.19. The van der Waals surface area contributed by atoms with Crippen LogP contribution in [0.5, 0.6) is 0 Å². The van der Waals surface area contributed by atoms with Gasteiger partial charge in [-0.3, -0.25) is 9.59 Å². The average molecular weight is 331 g/mol. The second-order valence-corrected chi connectivity index (χ2v) is 6.36. The van der Waals surface area contributed by atoms with Gasteiger partial charge in [-0.2, -0.15) is 0 Å². The lowest BCUT2D eigenvalue weighted by atomic mass is 9.99. The molecule has 2 unspecified atom stereocenters. The van der Waals surface area contributed by atoms with Gasteiger partial charge in [-0.05, 0) is 41.6 Å². The maximum Gasteiger partial charge on any atom is 0.265 e. The van der Waals surface area contributed by atoms with Crippen molar-refractivity contribution in [2.75, 3.05) is 10.6 Å². The van der Waals surface area contributed by atoms with Crippen molar-refractivity contribution in [1.29, 1.82) is 0 Å². The third kappa shape index (κ3) is 4.64. The monoisotopic (exact) mass is 331 g/mol. The molecular weight excluding hydrogens is 310 g/mol. The Kier molecular flexibility index (Phi) is 5.90. The molecule has 2 aromatic rings. The van der Waals surface area contributed by atoms with Gasteiger partial charge in [-0.15, -0.1) is 11.3 Å². The van der Waals surface area contributed by atoms with E-state index in [9.17, 15) is 9.59 Å². The number of amides is 2. The second kappa shape index (κ2) is 7.89. The molecule has 0 aliphatic rings. The van der Waals surface area contributed by atoms with E-state index in [2.05, 4.69) is 10.6 Å². The zero-order chi connectivity index (χ0) is 16.8. The van der Waals surface area contributed by atoms with E-state index in [0.29, 0.717) is 16.3 Å². The first kappa shape index (κ1) is 17.2. The van der Waals surface area contributed by atoms with Crippen molar-refractivity contribution >= 4 is 34.5 Å². The van der Waals surface area contributed by atoms with E-state index in [1.807, 2.05) is 25.3 Å². The summed E-state index contributed by atoms with van der Waals surface area (Å²) in [5, 5.41) is 7.45. The summed E-state index contributed by atoms with van der Waals surface area (Å²) in [6, 6.07) is 10.0. The Morgan fingerprint density at radius 2 is 1.74 bits per heavy atom. The van der Waals surface area contributed by atoms with E-state index < -0.39 is 6.04 Å². The number of nitrogens with one attached hydrogen (secondary N) is 2. The first-order chi connectivity index (χ1) is 11.0. The van der Waals surface area contributed by atoms with Crippen LogP contribution in [-0.2, 0) is 4.79 Å². The third-order valence-electron chi connectivity index (χ3n) is 3.72. The lowest BCUT2D eigenvalue weighted by Crippen LogP contribution is -2.40. The minimum atomic E-state index is -0.529. The number of carbonyl (C=O) groups excluding carboxylic acids is 2. The van der Waals surface area contributed by atoms with E-state index >= 15 is 0 Å². The van der Waals surface area contributed by atoms with Gasteiger partial charge >= 0.3 is 0 Å². The van der Waals surface area contributed by atoms with Crippen molar-refractivity contribution in [2.24, 2.45) is 11.7 Å². The Labute approximate surface area is 139 Å². The van der Waals surface area contributed by atoms with Gasteiger partial charge in [0.2, 0.25) is 5.91 Å². The van der Waals surface area contributed by atoms with Gasteiger partial charge in [0, 0.05) is 11.4 Å². The average Bonchev–Trinajstić information content (AvgIpc) is 3.09. The zero-order valence-electron chi connectivity index (χ0n) is 13.2. The molecule has 4 N–H and O–H groups in total. The van der Waals surface area contributed by atoms with Gasteiger partial charge in [0.05, 0.1) is 10.9 Å². The third-order valence-corrected chi connectivity index (χ3v) is 4.58. The Hall–Kier alpha value is -2.18. The van der Waals surface area contributed by atoms with E-state index in [1.165, 1.54) is 11.3 Å². The topological polar surface area (TPSA) is 84.2 Å². The smallest absolute Gasteiger partial charge is 0.265 e. The molecular formula is C17H21N3O2S. The van der Waals surface area contributed by atoms with Crippen LogP contribution < -0.4 is 16.4 Å². The molecule has 0 radical (unpaired) electrons. The Morgan fingerprint density at radius 1 is 1.13 bits per heavy atom. The molecule has 1 heterocycles. The van der Waals surface area contributed by atoms with Crippen LogP contribution in [0.2, 0.25) is 0 Å². The minimum absolute atomic E-state index is 0.124. The number of carbonyl (C=O) groups is 2. The summed E-state index contributed by atoms with van der Waals surface area (Å²) in [5.41, 5.74) is 7.23. The molecule has 1 aromatic carbocycles. The molecule has 2 atom stereocenters. The molecule has 0 spiro atoms. The first-order valence-corrected chi connectivity index (χ1v) is 8.40. The van der Waals surface area contributed by atoms with E-state index in [-0.39, 0.29) is 17.7 Å². The Bertz CT molecular complexity index is 653. The van der Waals surface area contributed by atoms with Crippen molar-refractivity contribution in [3.8, 4) is 0 Å². The molecule has 23 heavy (non-hydrogen) atoms. The summed E-state index contributed by atoms with van der Waals surface area (Å²) in [6.45, 7) is 3.95. The molecule has 6 heteroatoms. The fourth-order valence-electron chi connectivity index (χ4n) is 1.98. The first-order valence-electron chi connectivity index (χ1n) is 7.52. The SMILES string of the molecule is CCC(C)C(N)C(=O)Nc1ccc(NC(=O)c2cccs2)cc1. The second-order valence-electron chi connectivity index (χ2n) is 5.41. The Balaban J connectivity index is 1.94.